The fourth-order valence-electron chi connectivity index (χ4n) is 2.19. The molecule has 0 aliphatic carbocycles. The number of rotatable bonds is 5. The van der Waals surface area contributed by atoms with Crippen LogP contribution in [-0.2, 0) is 16.1 Å². The van der Waals surface area contributed by atoms with Crippen LogP contribution in [0.2, 0.25) is 0 Å². The van der Waals surface area contributed by atoms with Crippen molar-refractivity contribution in [2.24, 2.45) is 0 Å². The molecular weight excluding hydrogens is 376 g/mol. The number of aromatic nitrogens is 2. The van der Waals surface area contributed by atoms with Crippen molar-refractivity contribution >= 4 is 22.4 Å². The van der Waals surface area contributed by atoms with E-state index >= 15 is 0 Å². The molecule has 3 rings (SSSR count). The topological polar surface area (TPSA) is 80.5 Å². The maximum atomic E-state index is 9.18. The summed E-state index contributed by atoms with van der Waals surface area (Å²) in [6, 6.07) is 7.87. The van der Waals surface area contributed by atoms with Crippen LogP contribution in [0.25, 0.3) is 11.5 Å². The van der Waals surface area contributed by atoms with E-state index in [0.29, 0.717) is 19.0 Å². The molecule has 1 N–H and O–H groups in total. The first-order valence-corrected chi connectivity index (χ1v) is 8.59. The van der Waals surface area contributed by atoms with Gasteiger partial charge in [-0.25, -0.2) is 0 Å². The SMILES string of the molecule is Brc1cccc(-c2nc(CN3CCNCC3)no2)c1.CCOC=O. The van der Waals surface area contributed by atoms with Gasteiger partial charge in [0.2, 0.25) is 0 Å². The van der Waals surface area contributed by atoms with Crippen molar-refractivity contribution in [3.63, 3.8) is 0 Å². The Labute approximate surface area is 149 Å². The molecule has 2 heterocycles. The Balaban J connectivity index is 0.000000368. The number of benzene rings is 1. The molecular formula is C16H21BrN4O3. The summed E-state index contributed by atoms with van der Waals surface area (Å²) in [7, 11) is 0. The first kappa shape index (κ1) is 18.6. The third kappa shape index (κ3) is 6.03. The van der Waals surface area contributed by atoms with Crippen LogP contribution >= 0.6 is 15.9 Å². The highest BCUT2D eigenvalue weighted by atomic mass is 79.9. The van der Waals surface area contributed by atoms with Gasteiger partial charge in [0.15, 0.2) is 5.82 Å². The highest BCUT2D eigenvalue weighted by molar-refractivity contribution is 9.10. The number of nitrogens with one attached hydrogen (secondary N) is 1. The van der Waals surface area contributed by atoms with Crippen LogP contribution in [-0.4, -0.2) is 54.3 Å². The van der Waals surface area contributed by atoms with Crippen LogP contribution in [0.5, 0.6) is 0 Å². The molecule has 1 aromatic heterocycles. The van der Waals surface area contributed by atoms with Crippen molar-refractivity contribution in [1.29, 1.82) is 0 Å². The van der Waals surface area contributed by atoms with Crippen LogP contribution in [0.4, 0.5) is 0 Å². The Morgan fingerprint density at radius 2 is 2.21 bits per heavy atom. The van der Waals surface area contributed by atoms with Crippen molar-refractivity contribution in [2.45, 2.75) is 13.5 Å². The average Bonchev–Trinajstić information content (AvgIpc) is 3.06. The minimum absolute atomic E-state index is 0.431. The van der Waals surface area contributed by atoms with Crippen LogP contribution in [0, 0.1) is 0 Å². The normalized spacial score (nSPS) is 14.6. The number of hydrogen-bond acceptors (Lipinski definition) is 7. The van der Waals surface area contributed by atoms with E-state index in [0.717, 1.165) is 48.6 Å². The molecule has 1 saturated heterocycles. The van der Waals surface area contributed by atoms with Crippen molar-refractivity contribution in [1.82, 2.24) is 20.4 Å². The zero-order valence-electron chi connectivity index (χ0n) is 13.6. The van der Waals surface area contributed by atoms with Crippen molar-refractivity contribution in [3.05, 3.63) is 34.6 Å². The van der Waals surface area contributed by atoms with Crippen LogP contribution in [0.3, 0.4) is 0 Å². The van der Waals surface area contributed by atoms with Gasteiger partial charge < -0.3 is 14.6 Å². The van der Waals surface area contributed by atoms with Gasteiger partial charge in [-0.05, 0) is 25.1 Å². The summed E-state index contributed by atoms with van der Waals surface area (Å²) in [5, 5.41) is 7.38. The second kappa shape index (κ2) is 10.2. The molecule has 0 unspecified atom stereocenters. The number of carbonyl (C=O) groups excluding carboxylic acids is 1. The Hall–Kier alpha value is -1.77. The average molecular weight is 397 g/mol. The highest BCUT2D eigenvalue weighted by Crippen LogP contribution is 2.21. The number of carbonyl (C=O) groups is 1. The van der Waals surface area contributed by atoms with Gasteiger partial charge in [0.25, 0.3) is 12.4 Å². The maximum absolute atomic E-state index is 9.18. The molecule has 1 aliphatic rings. The van der Waals surface area contributed by atoms with Gasteiger partial charge in [0, 0.05) is 36.2 Å². The van der Waals surface area contributed by atoms with E-state index in [-0.39, 0.29) is 0 Å². The molecule has 0 bridgehead atoms. The second-order valence-corrected chi connectivity index (χ2v) is 6.02. The predicted octanol–water partition coefficient (Wildman–Crippen LogP) is 2.08. The molecule has 8 heteroatoms. The summed E-state index contributed by atoms with van der Waals surface area (Å²) in [5.41, 5.74) is 0.938. The van der Waals surface area contributed by atoms with Gasteiger partial charge in [-0.15, -0.1) is 0 Å². The third-order valence-electron chi connectivity index (χ3n) is 3.35. The number of halogens is 1. The standard InChI is InChI=1S/C13H15BrN4O.C3H6O2/c14-11-3-1-2-10(8-11)13-16-12(17-19-13)9-18-6-4-15-5-7-18;1-2-5-3-4/h1-3,8,15H,4-7,9H2;3H,2H2,1H3. The number of hydrogen-bond donors (Lipinski definition) is 1. The Bertz CT molecular complexity index is 629. The highest BCUT2D eigenvalue weighted by Gasteiger charge is 2.14. The van der Waals surface area contributed by atoms with Crippen molar-refractivity contribution in [3.8, 4) is 11.5 Å². The Morgan fingerprint density at radius 1 is 1.42 bits per heavy atom. The van der Waals surface area contributed by atoms with Crippen LogP contribution in [0.15, 0.2) is 33.3 Å². The molecule has 1 aromatic carbocycles. The summed E-state index contributed by atoms with van der Waals surface area (Å²) in [6.45, 7) is 7.52. The first-order valence-electron chi connectivity index (χ1n) is 7.79. The van der Waals surface area contributed by atoms with Gasteiger partial charge in [0.1, 0.15) is 0 Å². The second-order valence-electron chi connectivity index (χ2n) is 5.10. The van der Waals surface area contributed by atoms with Gasteiger partial charge in [-0.3, -0.25) is 9.69 Å². The van der Waals surface area contributed by atoms with Crippen molar-refractivity contribution in [2.75, 3.05) is 32.8 Å². The van der Waals surface area contributed by atoms with E-state index in [1.54, 1.807) is 6.92 Å². The van der Waals surface area contributed by atoms with E-state index in [2.05, 4.69) is 41.0 Å². The van der Waals surface area contributed by atoms with E-state index in [9.17, 15) is 4.79 Å². The van der Waals surface area contributed by atoms with Gasteiger partial charge >= 0.3 is 0 Å². The number of piperazine rings is 1. The largest absolute Gasteiger partial charge is 0.468 e. The lowest BCUT2D eigenvalue weighted by Crippen LogP contribution is -2.43. The Kier molecular flexibility index (Phi) is 7.87. The van der Waals surface area contributed by atoms with Gasteiger partial charge in [0.05, 0.1) is 13.2 Å². The number of nitrogens with zero attached hydrogens (tertiary/aromatic N) is 3. The molecule has 2 aromatic rings. The number of ether oxygens (including phenoxy) is 1. The molecule has 1 fully saturated rings. The van der Waals surface area contributed by atoms with Crippen LogP contribution < -0.4 is 5.32 Å². The summed E-state index contributed by atoms with van der Waals surface area (Å²) in [6.07, 6.45) is 0. The molecule has 0 saturated carbocycles. The van der Waals surface area contributed by atoms with E-state index in [1.165, 1.54) is 0 Å². The summed E-state index contributed by atoms with van der Waals surface area (Å²) in [5.74, 6) is 1.32. The molecule has 24 heavy (non-hydrogen) atoms. The van der Waals surface area contributed by atoms with Gasteiger partial charge in [-0.2, -0.15) is 4.98 Å². The third-order valence-corrected chi connectivity index (χ3v) is 3.84. The zero-order valence-corrected chi connectivity index (χ0v) is 15.2. The minimum atomic E-state index is 0.431. The smallest absolute Gasteiger partial charge is 0.293 e. The first-order chi connectivity index (χ1) is 11.7. The van der Waals surface area contributed by atoms with E-state index in [4.69, 9.17) is 4.52 Å². The summed E-state index contributed by atoms with van der Waals surface area (Å²) >= 11 is 3.44. The minimum Gasteiger partial charge on any atom is -0.468 e. The van der Waals surface area contributed by atoms with E-state index < -0.39 is 0 Å². The van der Waals surface area contributed by atoms with Gasteiger partial charge in [-0.1, -0.05) is 27.2 Å². The lowest BCUT2D eigenvalue weighted by Gasteiger charge is -2.25. The fraction of sp³-hybridized carbons (Fsp3) is 0.438. The maximum Gasteiger partial charge on any atom is 0.293 e. The lowest BCUT2D eigenvalue weighted by atomic mass is 10.2. The fourth-order valence-corrected chi connectivity index (χ4v) is 2.59. The van der Waals surface area contributed by atoms with Crippen molar-refractivity contribution < 1.29 is 14.1 Å². The molecule has 0 spiro atoms. The molecule has 130 valence electrons. The summed E-state index contributed by atoms with van der Waals surface area (Å²) < 4.78 is 10.5. The van der Waals surface area contributed by atoms with E-state index in [1.807, 2.05) is 24.3 Å². The predicted molar refractivity (Wildman–Crippen MR) is 93.3 cm³/mol. The molecule has 0 radical (unpaired) electrons. The molecule has 7 nitrogen and oxygen atoms in total. The summed E-state index contributed by atoms with van der Waals surface area (Å²) in [4.78, 5) is 16.0. The molecule has 0 amide bonds. The monoisotopic (exact) mass is 396 g/mol. The van der Waals surface area contributed by atoms with Crippen LogP contribution in [0.1, 0.15) is 12.7 Å². The lowest BCUT2D eigenvalue weighted by molar-refractivity contribution is -0.128. The zero-order chi connectivity index (χ0) is 17.2. The quantitative estimate of drug-likeness (QED) is 0.774. The Morgan fingerprint density at radius 3 is 2.83 bits per heavy atom. The molecule has 1 aliphatic heterocycles. The molecule has 0 atom stereocenters.